The third kappa shape index (κ3) is 5.04. The van der Waals surface area contributed by atoms with Crippen molar-refractivity contribution in [2.75, 3.05) is 24.9 Å². The Morgan fingerprint density at radius 3 is 2.53 bits per heavy atom. The molecule has 194 valence electrons. The summed E-state index contributed by atoms with van der Waals surface area (Å²) < 4.78 is 18.4. The minimum atomic E-state index is -0.496. The van der Waals surface area contributed by atoms with E-state index in [0.717, 1.165) is 16.9 Å². The van der Waals surface area contributed by atoms with Crippen LogP contribution in [-0.4, -0.2) is 34.9 Å². The van der Waals surface area contributed by atoms with Gasteiger partial charge in [0.25, 0.3) is 5.91 Å². The fraction of sp³-hybridized carbons (Fsp3) is 0.207. The Labute approximate surface area is 221 Å². The van der Waals surface area contributed by atoms with Crippen molar-refractivity contribution in [1.82, 2.24) is 14.8 Å². The van der Waals surface area contributed by atoms with Gasteiger partial charge in [0.15, 0.2) is 0 Å². The van der Waals surface area contributed by atoms with E-state index in [4.69, 9.17) is 14.2 Å². The molecule has 2 heterocycles. The Kier molecular flexibility index (Phi) is 6.99. The summed E-state index contributed by atoms with van der Waals surface area (Å²) in [5.41, 5.74) is 4.88. The Morgan fingerprint density at radius 2 is 1.79 bits per heavy atom. The number of hydrogen-bond acceptors (Lipinski definition) is 7. The number of methoxy groups -OCH3 is 2. The molecule has 0 bridgehead atoms. The lowest BCUT2D eigenvalue weighted by Gasteiger charge is -2.29. The highest BCUT2D eigenvalue weighted by molar-refractivity contribution is 6.06. The molecule has 5 rings (SSSR count). The van der Waals surface area contributed by atoms with Crippen LogP contribution in [0.2, 0.25) is 0 Å². The Bertz CT molecular complexity index is 1490. The average molecular weight is 512 g/mol. The van der Waals surface area contributed by atoms with E-state index in [-0.39, 0.29) is 5.91 Å². The number of allylic oxidation sites excluding steroid dienone is 1. The molecule has 1 aromatic heterocycles. The largest absolute Gasteiger partial charge is 0.497 e. The van der Waals surface area contributed by atoms with Gasteiger partial charge < -0.3 is 24.8 Å². The van der Waals surface area contributed by atoms with Crippen molar-refractivity contribution in [1.29, 1.82) is 0 Å². The second-order valence-electron chi connectivity index (χ2n) is 8.96. The molecule has 1 atom stereocenters. The maximum atomic E-state index is 13.7. The number of benzene rings is 3. The number of amides is 1. The van der Waals surface area contributed by atoms with Crippen molar-refractivity contribution in [2.45, 2.75) is 26.5 Å². The summed E-state index contributed by atoms with van der Waals surface area (Å²) in [6, 6.07) is 20.7. The summed E-state index contributed by atoms with van der Waals surface area (Å²) in [6.07, 6.45) is 1.47. The second kappa shape index (κ2) is 10.7. The molecule has 4 aromatic rings. The van der Waals surface area contributed by atoms with Crippen molar-refractivity contribution in [3.05, 3.63) is 101 Å². The van der Waals surface area contributed by atoms with Crippen molar-refractivity contribution < 1.29 is 19.0 Å². The van der Waals surface area contributed by atoms with Crippen LogP contribution in [0.4, 0.5) is 11.6 Å². The van der Waals surface area contributed by atoms with Gasteiger partial charge in [0.05, 0.1) is 25.5 Å². The smallest absolute Gasteiger partial charge is 0.255 e. The van der Waals surface area contributed by atoms with E-state index in [9.17, 15) is 4.79 Å². The molecule has 0 unspecified atom stereocenters. The number of ether oxygens (including phenoxy) is 3. The molecule has 9 nitrogen and oxygen atoms in total. The number of nitrogens with zero attached hydrogens (tertiary/aromatic N) is 3. The van der Waals surface area contributed by atoms with E-state index < -0.39 is 6.04 Å². The Balaban J connectivity index is 1.42. The molecule has 1 aliphatic rings. The van der Waals surface area contributed by atoms with Gasteiger partial charge in [-0.2, -0.15) is 10.1 Å². The van der Waals surface area contributed by atoms with Crippen LogP contribution in [0.25, 0.3) is 0 Å². The lowest BCUT2D eigenvalue weighted by molar-refractivity contribution is -0.113. The molecule has 38 heavy (non-hydrogen) atoms. The van der Waals surface area contributed by atoms with Crippen LogP contribution in [0.15, 0.2) is 84.3 Å². The second-order valence-corrected chi connectivity index (χ2v) is 8.96. The Morgan fingerprint density at radius 1 is 1.00 bits per heavy atom. The average Bonchev–Trinajstić information content (AvgIpc) is 3.39. The number of anilines is 2. The predicted octanol–water partition coefficient (Wildman–Crippen LogP) is 5.11. The first kappa shape index (κ1) is 24.9. The van der Waals surface area contributed by atoms with Gasteiger partial charge in [-0.1, -0.05) is 42.0 Å². The van der Waals surface area contributed by atoms with E-state index in [0.29, 0.717) is 41.0 Å². The summed E-state index contributed by atoms with van der Waals surface area (Å²) in [5, 5.41) is 10.6. The van der Waals surface area contributed by atoms with Crippen LogP contribution in [0, 0.1) is 6.92 Å². The molecule has 0 fully saturated rings. The first-order chi connectivity index (χ1) is 18.5. The molecular weight excluding hydrogens is 482 g/mol. The predicted molar refractivity (Wildman–Crippen MR) is 145 cm³/mol. The molecule has 1 amide bonds. The lowest BCUT2D eigenvalue weighted by Crippen LogP contribution is -2.31. The summed E-state index contributed by atoms with van der Waals surface area (Å²) in [5.74, 6) is 2.13. The standard InChI is InChI=1S/C29H29N5O4/c1-18-6-5-7-20(14-18)16-38-22-10-8-21(9-11-22)27-26(19(2)32-29-30-17-31-34(27)29)28(35)33-24-13-12-23(36-3)15-25(24)37-4/h5-15,17,27H,16H2,1-4H3,(H,33,35)(H,30,31,32)/t27-/m0/s1. The number of aryl methyl sites for hydroxylation is 1. The third-order valence-electron chi connectivity index (χ3n) is 6.38. The van der Waals surface area contributed by atoms with Gasteiger partial charge in [-0.05, 0) is 49.2 Å². The zero-order valence-corrected chi connectivity index (χ0v) is 21.7. The van der Waals surface area contributed by atoms with E-state index in [1.807, 2.05) is 43.3 Å². The number of carbonyl (C=O) groups excluding carboxylic acids is 1. The summed E-state index contributed by atoms with van der Waals surface area (Å²) >= 11 is 0. The van der Waals surface area contributed by atoms with E-state index in [1.165, 1.54) is 11.9 Å². The topological polar surface area (TPSA) is 99.5 Å². The third-order valence-corrected chi connectivity index (χ3v) is 6.38. The van der Waals surface area contributed by atoms with Crippen molar-refractivity contribution >= 4 is 17.5 Å². The van der Waals surface area contributed by atoms with Crippen LogP contribution < -0.4 is 24.8 Å². The molecule has 0 radical (unpaired) electrons. The highest BCUT2D eigenvalue weighted by Gasteiger charge is 2.33. The van der Waals surface area contributed by atoms with Gasteiger partial charge in [-0.25, -0.2) is 4.68 Å². The number of rotatable bonds is 8. The van der Waals surface area contributed by atoms with Crippen LogP contribution in [0.1, 0.15) is 29.7 Å². The normalized spacial score (nSPS) is 14.4. The van der Waals surface area contributed by atoms with E-state index in [1.54, 1.807) is 37.1 Å². The first-order valence-electron chi connectivity index (χ1n) is 12.2. The van der Waals surface area contributed by atoms with Gasteiger partial charge >= 0.3 is 0 Å². The number of nitrogens with one attached hydrogen (secondary N) is 2. The first-order valence-corrected chi connectivity index (χ1v) is 12.2. The van der Waals surface area contributed by atoms with Gasteiger partial charge in [0, 0.05) is 11.8 Å². The van der Waals surface area contributed by atoms with Crippen molar-refractivity contribution in [2.24, 2.45) is 0 Å². The molecule has 0 saturated heterocycles. The molecule has 1 aliphatic heterocycles. The van der Waals surface area contributed by atoms with Crippen LogP contribution in [-0.2, 0) is 11.4 Å². The molecule has 9 heteroatoms. The highest BCUT2D eigenvalue weighted by Crippen LogP contribution is 2.37. The quantitative estimate of drug-likeness (QED) is 0.339. The van der Waals surface area contributed by atoms with E-state index in [2.05, 4.69) is 39.8 Å². The zero-order valence-electron chi connectivity index (χ0n) is 21.7. The SMILES string of the molecule is COc1ccc(NC(=O)C2=C(C)Nc3ncnn3[C@H]2c2ccc(OCc3cccc(C)c3)cc2)c(OC)c1. The van der Waals surface area contributed by atoms with E-state index >= 15 is 0 Å². The molecular formula is C29H29N5O4. The zero-order chi connectivity index (χ0) is 26.6. The lowest BCUT2D eigenvalue weighted by atomic mass is 9.95. The molecule has 2 N–H and O–H groups in total. The maximum Gasteiger partial charge on any atom is 0.255 e. The van der Waals surface area contributed by atoms with Gasteiger partial charge in [-0.15, -0.1) is 0 Å². The van der Waals surface area contributed by atoms with Crippen molar-refractivity contribution in [3.8, 4) is 17.2 Å². The van der Waals surface area contributed by atoms with Gasteiger partial charge in [-0.3, -0.25) is 4.79 Å². The maximum absolute atomic E-state index is 13.7. The highest BCUT2D eigenvalue weighted by atomic mass is 16.5. The minimum absolute atomic E-state index is 0.288. The molecule has 0 saturated carbocycles. The van der Waals surface area contributed by atoms with Gasteiger partial charge in [0.1, 0.15) is 36.2 Å². The molecule has 3 aromatic carbocycles. The number of aromatic nitrogens is 3. The molecule has 0 aliphatic carbocycles. The summed E-state index contributed by atoms with van der Waals surface area (Å²) in [4.78, 5) is 18.0. The van der Waals surface area contributed by atoms with Crippen LogP contribution in [0.5, 0.6) is 17.2 Å². The fourth-order valence-electron chi connectivity index (χ4n) is 4.50. The fourth-order valence-corrected chi connectivity index (χ4v) is 4.50. The van der Waals surface area contributed by atoms with Gasteiger partial charge in [0.2, 0.25) is 5.95 Å². The number of carbonyl (C=O) groups is 1. The minimum Gasteiger partial charge on any atom is -0.497 e. The summed E-state index contributed by atoms with van der Waals surface area (Å²) in [6.45, 7) is 4.38. The van der Waals surface area contributed by atoms with Crippen LogP contribution in [0.3, 0.4) is 0 Å². The monoisotopic (exact) mass is 511 g/mol. The van der Waals surface area contributed by atoms with Crippen LogP contribution >= 0.6 is 0 Å². The molecule has 0 spiro atoms. The van der Waals surface area contributed by atoms with Crippen molar-refractivity contribution in [3.63, 3.8) is 0 Å². The number of fused-ring (bicyclic) bond motifs is 1. The number of hydrogen-bond donors (Lipinski definition) is 2. The Hall–Kier alpha value is -4.79. The summed E-state index contributed by atoms with van der Waals surface area (Å²) in [7, 11) is 3.12.